The molecular weight excluding hydrogens is 357 g/mol. The Morgan fingerprint density at radius 1 is 1.15 bits per heavy atom. The van der Waals surface area contributed by atoms with Gasteiger partial charge in [-0.15, -0.1) is 0 Å². The predicted octanol–water partition coefficient (Wildman–Crippen LogP) is 3.78. The second-order valence-electron chi connectivity index (χ2n) is 7.44. The summed E-state index contributed by atoms with van der Waals surface area (Å²) >= 11 is 0. The van der Waals surface area contributed by atoms with Gasteiger partial charge in [-0.3, -0.25) is 4.79 Å². The van der Waals surface area contributed by atoms with E-state index in [0.717, 1.165) is 0 Å². The van der Waals surface area contributed by atoms with Crippen molar-refractivity contribution in [2.24, 2.45) is 5.41 Å². The van der Waals surface area contributed by atoms with Crippen LogP contribution in [0.1, 0.15) is 48.3 Å². The molecule has 1 aromatic rings. The van der Waals surface area contributed by atoms with Crippen LogP contribution in [0.2, 0.25) is 0 Å². The van der Waals surface area contributed by atoms with Crippen molar-refractivity contribution < 1.29 is 31.5 Å². The number of amides is 1. The van der Waals surface area contributed by atoms with E-state index in [4.69, 9.17) is 4.74 Å². The van der Waals surface area contributed by atoms with Gasteiger partial charge in [0.05, 0.1) is 6.61 Å². The smallest absolute Gasteiger partial charge is 0.405 e. The number of ether oxygens (including phenoxy) is 1. The highest BCUT2D eigenvalue weighted by Crippen LogP contribution is 2.56. The van der Waals surface area contributed by atoms with Crippen LogP contribution in [0.3, 0.4) is 0 Å². The lowest BCUT2D eigenvalue weighted by atomic mass is 9.84. The molecule has 3 nitrogen and oxygen atoms in total. The minimum Gasteiger partial charge on any atom is -0.490 e. The van der Waals surface area contributed by atoms with Gasteiger partial charge in [-0.2, -0.15) is 17.6 Å². The van der Waals surface area contributed by atoms with Crippen LogP contribution in [0.5, 0.6) is 5.75 Å². The normalized spacial score (nSPS) is 22.6. The molecule has 4 rings (SSSR count). The predicted molar refractivity (Wildman–Crippen MR) is 82.0 cm³/mol. The molecule has 26 heavy (non-hydrogen) atoms. The van der Waals surface area contributed by atoms with Crippen molar-refractivity contribution in [2.75, 3.05) is 13.2 Å². The third-order valence-electron chi connectivity index (χ3n) is 5.75. The van der Waals surface area contributed by atoms with Gasteiger partial charge in [0.1, 0.15) is 6.54 Å². The second kappa shape index (κ2) is 5.82. The maximum Gasteiger partial charge on any atom is 0.405 e. The quantitative estimate of drug-likeness (QED) is 0.814. The Bertz CT molecular complexity index is 770. The number of hydrogen-bond donors (Lipinski definition) is 1. The van der Waals surface area contributed by atoms with E-state index in [1.165, 1.54) is 0 Å². The summed E-state index contributed by atoms with van der Waals surface area (Å²) < 4.78 is 70.7. The van der Waals surface area contributed by atoms with E-state index < -0.39 is 35.7 Å². The van der Waals surface area contributed by atoms with Crippen LogP contribution in [0.15, 0.2) is 0 Å². The standard InChI is InChI=1S/C18H18F5NO2/c19-13-10-2-1-9(12(10)11-3-6-26-15(11)14(13)20)7-17(4-5-17)16(25)24-8-18(21,22)23/h9H,1-8H2,(H,24,25)/t9-/m0/s1. The van der Waals surface area contributed by atoms with Crippen LogP contribution in [-0.2, 0) is 17.6 Å². The van der Waals surface area contributed by atoms with E-state index in [1.807, 2.05) is 5.32 Å². The minimum atomic E-state index is -4.45. The van der Waals surface area contributed by atoms with Gasteiger partial charge in [-0.25, -0.2) is 4.39 Å². The third-order valence-corrected chi connectivity index (χ3v) is 5.75. The zero-order valence-corrected chi connectivity index (χ0v) is 13.9. The van der Waals surface area contributed by atoms with Crippen LogP contribution in [0, 0.1) is 17.0 Å². The first-order valence-corrected chi connectivity index (χ1v) is 8.72. The molecule has 1 heterocycles. The van der Waals surface area contributed by atoms with Crippen molar-refractivity contribution in [1.29, 1.82) is 0 Å². The van der Waals surface area contributed by atoms with Crippen molar-refractivity contribution >= 4 is 5.91 Å². The van der Waals surface area contributed by atoms with Gasteiger partial charge in [0.2, 0.25) is 11.7 Å². The summed E-state index contributed by atoms with van der Waals surface area (Å²) in [6.07, 6.45) is -1.63. The Morgan fingerprint density at radius 3 is 2.54 bits per heavy atom. The number of nitrogens with one attached hydrogen (secondary N) is 1. The van der Waals surface area contributed by atoms with E-state index in [1.54, 1.807) is 0 Å². The molecule has 1 amide bonds. The number of benzene rings is 1. The number of alkyl halides is 3. The highest BCUT2D eigenvalue weighted by molar-refractivity contribution is 5.85. The first-order valence-electron chi connectivity index (χ1n) is 8.72. The Kier molecular flexibility index (Phi) is 3.93. The van der Waals surface area contributed by atoms with Gasteiger partial charge < -0.3 is 10.1 Å². The molecule has 0 bridgehead atoms. The summed E-state index contributed by atoms with van der Waals surface area (Å²) in [6.45, 7) is -1.07. The summed E-state index contributed by atoms with van der Waals surface area (Å²) in [5.74, 6) is -2.65. The maximum atomic E-state index is 14.3. The van der Waals surface area contributed by atoms with E-state index in [-0.39, 0.29) is 18.3 Å². The van der Waals surface area contributed by atoms with E-state index >= 15 is 0 Å². The van der Waals surface area contributed by atoms with Gasteiger partial charge >= 0.3 is 6.18 Å². The lowest BCUT2D eigenvalue weighted by Gasteiger charge is -2.22. The molecule has 1 aliphatic heterocycles. The maximum absolute atomic E-state index is 14.3. The Morgan fingerprint density at radius 2 is 1.88 bits per heavy atom. The van der Waals surface area contributed by atoms with Crippen molar-refractivity contribution in [3.8, 4) is 5.75 Å². The zero-order chi connectivity index (χ0) is 18.7. The molecule has 0 spiro atoms. The second-order valence-corrected chi connectivity index (χ2v) is 7.44. The van der Waals surface area contributed by atoms with Crippen molar-refractivity contribution in [2.45, 2.75) is 50.6 Å². The lowest BCUT2D eigenvalue weighted by molar-refractivity contribution is -0.141. The summed E-state index contributed by atoms with van der Waals surface area (Å²) in [6, 6.07) is 0. The van der Waals surface area contributed by atoms with Crippen LogP contribution < -0.4 is 10.1 Å². The largest absolute Gasteiger partial charge is 0.490 e. The Balaban J connectivity index is 1.57. The number of rotatable bonds is 4. The van der Waals surface area contributed by atoms with Gasteiger partial charge in [-0.05, 0) is 49.1 Å². The molecule has 1 saturated carbocycles. The number of carbonyl (C=O) groups excluding carboxylic acids is 1. The molecule has 1 fully saturated rings. The SMILES string of the molecule is O=C(NCC(F)(F)F)C1(C[C@@H]2CCc3c(F)c(F)c4c(c32)CCO4)CC1. The topological polar surface area (TPSA) is 38.3 Å². The zero-order valence-electron chi connectivity index (χ0n) is 13.9. The molecular formula is C18H18F5NO2. The molecule has 0 unspecified atom stereocenters. The van der Waals surface area contributed by atoms with Gasteiger partial charge in [0.15, 0.2) is 11.6 Å². The van der Waals surface area contributed by atoms with Gasteiger partial charge in [-0.1, -0.05) is 0 Å². The molecule has 0 saturated heterocycles. The van der Waals surface area contributed by atoms with Crippen LogP contribution >= 0.6 is 0 Å². The highest BCUT2D eigenvalue weighted by Gasteiger charge is 2.52. The summed E-state index contributed by atoms with van der Waals surface area (Å²) in [7, 11) is 0. The van der Waals surface area contributed by atoms with Gasteiger partial charge in [0.25, 0.3) is 0 Å². The van der Waals surface area contributed by atoms with Crippen LogP contribution in [0.4, 0.5) is 22.0 Å². The summed E-state index contributed by atoms with van der Waals surface area (Å²) in [5, 5.41) is 1.97. The highest BCUT2D eigenvalue weighted by atomic mass is 19.4. The minimum absolute atomic E-state index is 0.0421. The number of halogens is 5. The van der Waals surface area contributed by atoms with Crippen LogP contribution in [-0.4, -0.2) is 25.2 Å². The van der Waals surface area contributed by atoms with Crippen molar-refractivity contribution in [3.05, 3.63) is 28.3 Å². The third kappa shape index (κ3) is 2.83. The molecule has 142 valence electrons. The molecule has 0 aromatic heterocycles. The molecule has 0 radical (unpaired) electrons. The fourth-order valence-corrected chi connectivity index (χ4v) is 4.36. The first kappa shape index (κ1) is 17.5. The number of carbonyl (C=O) groups is 1. The van der Waals surface area contributed by atoms with E-state index in [9.17, 15) is 26.7 Å². The van der Waals surface area contributed by atoms with Crippen LogP contribution in [0.25, 0.3) is 0 Å². The average Bonchev–Trinajstić information content (AvgIpc) is 3.01. The molecule has 1 N–H and O–H groups in total. The Hall–Kier alpha value is -1.86. The van der Waals surface area contributed by atoms with E-state index in [0.29, 0.717) is 55.2 Å². The molecule has 2 aliphatic carbocycles. The molecule has 1 aromatic carbocycles. The fraction of sp³-hybridized carbons (Fsp3) is 0.611. The average molecular weight is 375 g/mol. The summed E-state index contributed by atoms with van der Waals surface area (Å²) in [4.78, 5) is 12.3. The van der Waals surface area contributed by atoms with Crippen molar-refractivity contribution in [1.82, 2.24) is 5.32 Å². The molecule has 1 atom stereocenters. The number of hydrogen-bond acceptors (Lipinski definition) is 2. The van der Waals surface area contributed by atoms with Crippen molar-refractivity contribution in [3.63, 3.8) is 0 Å². The summed E-state index contributed by atoms with van der Waals surface area (Å²) in [5.41, 5.74) is 0.886. The monoisotopic (exact) mass is 375 g/mol. The fourth-order valence-electron chi connectivity index (χ4n) is 4.36. The Labute approximate surface area is 146 Å². The lowest BCUT2D eigenvalue weighted by Crippen LogP contribution is -2.39. The van der Waals surface area contributed by atoms with Gasteiger partial charge in [0, 0.05) is 17.4 Å². The number of fused-ring (bicyclic) bond motifs is 3. The van der Waals surface area contributed by atoms with E-state index in [2.05, 4.69) is 0 Å². The molecule has 8 heteroatoms. The molecule has 3 aliphatic rings. The first-order chi connectivity index (χ1) is 12.2.